The molecule has 3 aromatic heterocycles. The number of carbonyl (C=O) groups excluding carboxylic acids is 1. The van der Waals surface area contributed by atoms with E-state index in [2.05, 4.69) is 24.0 Å². The maximum absolute atomic E-state index is 13.1. The third kappa shape index (κ3) is 4.51. The molecule has 32 heavy (non-hydrogen) atoms. The van der Waals surface area contributed by atoms with Crippen LogP contribution in [0.1, 0.15) is 11.6 Å². The zero-order chi connectivity index (χ0) is 23.1. The normalized spacial score (nSPS) is 13.8. The van der Waals surface area contributed by atoms with Gasteiger partial charge in [0.2, 0.25) is 5.82 Å². The minimum absolute atomic E-state index is 0.213. The van der Waals surface area contributed by atoms with Crippen LogP contribution in [0.2, 0.25) is 0 Å². The summed E-state index contributed by atoms with van der Waals surface area (Å²) in [6, 6.07) is 7.80. The molecule has 4 rings (SSSR count). The van der Waals surface area contributed by atoms with E-state index in [1.807, 2.05) is 0 Å². The number of halogens is 4. The minimum atomic E-state index is -4.76. The van der Waals surface area contributed by atoms with E-state index < -0.39 is 33.5 Å². The van der Waals surface area contributed by atoms with Crippen LogP contribution in [0.25, 0.3) is 17.0 Å². The van der Waals surface area contributed by atoms with Crippen molar-refractivity contribution in [2.24, 2.45) is 4.36 Å². The molecule has 3 heterocycles. The van der Waals surface area contributed by atoms with Crippen molar-refractivity contribution in [3.05, 3.63) is 66.2 Å². The van der Waals surface area contributed by atoms with Crippen LogP contribution < -0.4 is 0 Å². The molecule has 0 saturated heterocycles. The van der Waals surface area contributed by atoms with Crippen molar-refractivity contribution in [1.82, 2.24) is 19.5 Å². The Kier molecular flexibility index (Phi) is 5.28. The second-order valence-electron chi connectivity index (χ2n) is 6.75. The summed E-state index contributed by atoms with van der Waals surface area (Å²) in [5, 5.41) is 3.33. The van der Waals surface area contributed by atoms with Crippen LogP contribution in [0.5, 0.6) is 0 Å². The summed E-state index contributed by atoms with van der Waals surface area (Å²) in [7, 11) is -3.07. The van der Waals surface area contributed by atoms with Crippen molar-refractivity contribution in [3.63, 3.8) is 0 Å². The Morgan fingerprint density at radius 1 is 1.12 bits per heavy atom. The van der Waals surface area contributed by atoms with Crippen LogP contribution in [-0.4, -0.2) is 35.9 Å². The number of nitrogens with zero attached hydrogens (tertiary/aromatic N) is 5. The monoisotopic (exact) mass is 467 g/mol. The summed E-state index contributed by atoms with van der Waals surface area (Å²) in [5.74, 6) is -2.92. The zero-order valence-corrected chi connectivity index (χ0v) is 17.0. The SMILES string of the molecule is CS(=O)(=NC(=O)Cc1cn2cc(-c3noc(C(F)(F)F)n3)ccc2n1)c1ccc(F)cc1. The molecule has 0 saturated carbocycles. The third-order valence-corrected chi connectivity index (χ3v) is 5.99. The smallest absolute Gasteiger partial charge is 0.329 e. The lowest BCUT2D eigenvalue weighted by atomic mass is 10.3. The van der Waals surface area contributed by atoms with E-state index in [1.165, 1.54) is 47.3 Å². The number of hydrogen-bond acceptors (Lipinski definition) is 6. The highest BCUT2D eigenvalue weighted by Gasteiger charge is 2.38. The zero-order valence-electron chi connectivity index (χ0n) is 16.2. The first kappa shape index (κ1) is 21.6. The van der Waals surface area contributed by atoms with Crippen LogP contribution in [0, 0.1) is 5.82 Å². The van der Waals surface area contributed by atoms with E-state index in [0.29, 0.717) is 11.3 Å². The highest BCUT2D eigenvalue weighted by atomic mass is 32.2. The number of amides is 1. The van der Waals surface area contributed by atoms with Crippen LogP contribution in [0.4, 0.5) is 17.6 Å². The van der Waals surface area contributed by atoms with Crippen molar-refractivity contribution in [2.75, 3.05) is 6.26 Å². The van der Waals surface area contributed by atoms with E-state index in [1.54, 1.807) is 0 Å². The molecule has 0 spiro atoms. The molecule has 0 aliphatic heterocycles. The van der Waals surface area contributed by atoms with Crippen molar-refractivity contribution in [3.8, 4) is 11.4 Å². The van der Waals surface area contributed by atoms with Gasteiger partial charge < -0.3 is 8.92 Å². The fraction of sp³-hybridized carbons (Fsp3) is 0.158. The first-order valence-electron chi connectivity index (χ1n) is 8.91. The second kappa shape index (κ2) is 7.82. The third-order valence-electron chi connectivity index (χ3n) is 4.29. The van der Waals surface area contributed by atoms with Gasteiger partial charge in [-0.2, -0.15) is 22.5 Å². The summed E-state index contributed by atoms with van der Waals surface area (Å²) in [6.45, 7) is 0. The minimum Gasteiger partial charge on any atom is -0.329 e. The molecule has 0 N–H and O–H groups in total. The molecule has 1 unspecified atom stereocenters. The first-order valence-corrected chi connectivity index (χ1v) is 10.8. The van der Waals surface area contributed by atoms with Gasteiger partial charge >= 0.3 is 12.1 Å². The highest BCUT2D eigenvalue weighted by Crippen LogP contribution is 2.29. The van der Waals surface area contributed by atoms with Crippen molar-refractivity contribution >= 4 is 21.3 Å². The molecule has 0 radical (unpaired) electrons. The number of fused-ring (bicyclic) bond motifs is 1. The predicted octanol–water partition coefficient (Wildman–Crippen LogP) is 3.77. The summed E-state index contributed by atoms with van der Waals surface area (Å²) in [6.07, 6.45) is -0.836. The molecule has 0 aliphatic carbocycles. The lowest BCUT2D eigenvalue weighted by molar-refractivity contribution is -0.159. The Balaban J connectivity index is 1.56. The number of rotatable bonds is 4. The maximum atomic E-state index is 13.1. The average molecular weight is 467 g/mol. The Labute approximate surface area is 178 Å². The van der Waals surface area contributed by atoms with Gasteiger partial charge in [-0.25, -0.2) is 13.6 Å². The molecule has 0 bridgehead atoms. The van der Waals surface area contributed by atoms with E-state index in [0.717, 1.165) is 12.1 Å². The average Bonchev–Trinajstić information content (AvgIpc) is 3.33. The summed E-state index contributed by atoms with van der Waals surface area (Å²) >= 11 is 0. The van der Waals surface area contributed by atoms with E-state index >= 15 is 0 Å². The summed E-state index contributed by atoms with van der Waals surface area (Å²) in [5.41, 5.74) is 0.950. The topological polar surface area (TPSA) is 103 Å². The van der Waals surface area contributed by atoms with Gasteiger partial charge in [-0.3, -0.25) is 4.79 Å². The molecule has 0 aliphatic rings. The van der Waals surface area contributed by atoms with Gasteiger partial charge in [0, 0.05) is 29.1 Å². The lowest BCUT2D eigenvalue weighted by Crippen LogP contribution is -2.06. The van der Waals surface area contributed by atoms with Gasteiger partial charge in [0.1, 0.15) is 11.5 Å². The van der Waals surface area contributed by atoms with Gasteiger partial charge in [0.05, 0.1) is 21.8 Å². The summed E-state index contributed by atoms with van der Waals surface area (Å²) in [4.78, 5) is 20.1. The van der Waals surface area contributed by atoms with Gasteiger partial charge in [-0.15, -0.1) is 0 Å². The van der Waals surface area contributed by atoms with E-state index in [-0.39, 0.29) is 22.7 Å². The van der Waals surface area contributed by atoms with Gasteiger partial charge in [0.25, 0.3) is 5.91 Å². The molecule has 13 heteroatoms. The standard InChI is InChI=1S/C19H13F4N5O3S/c1-32(30,14-5-3-12(20)4-6-14)27-16(29)8-13-10-28-9-11(2-7-15(28)24-13)17-25-18(31-26-17)19(21,22)23/h2-7,9-10H,8H2,1H3. The van der Waals surface area contributed by atoms with E-state index in [4.69, 9.17) is 0 Å². The quantitative estimate of drug-likeness (QED) is 0.424. The Morgan fingerprint density at radius 3 is 2.50 bits per heavy atom. The van der Waals surface area contributed by atoms with Crippen LogP contribution >= 0.6 is 0 Å². The molecule has 4 aromatic rings. The lowest BCUT2D eigenvalue weighted by Gasteiger charge is -2.03. The first-order chi connectivity index (χ1) is 15.0. The molecular formula is C19H13F4N5O3S. The molecular weight excluding hydrogens is 454 g/mol. The summed E-state index contributed by atoms with van der Waals surface area (Å²) < 4.78 is 73.2. The molecule has 1 amide bonds. The van der Waals surface area contributed by atoms with Crippen LogP contribution in [0.3, 0.4) is 0 Å². The number of aromatic nitrogens is 4. The van der Waals surface area contributed by atoms with Crippen LogP contribution in [0.15, 0.2) is 62.6 Å². The fourth-order valence-electron chi connectivity index (χ4n) is 2.84. The van der Waals surface area contributed by atoms with Gasteiger partial charge in [0.15, 0.2) is 0 Å². The largest absolute Gasteiger partial charge is 0.471 e. The number of imidazole rings is 1. The van der Waals surface area contributed by atoms with Gasteiger partial charge in [-0.1, -0.05) is 5.16 Å². The molecule has 1 aromatic carbocycles. The molecule has 0 fully saturated rings. The molecule has 8 nitrogen and oxygen atoms in total. The van der Waals surface area contributed by atoms with Crippen molar-refractivity contribution < 1.29 is 31.1 Å². The second-order valence-corrected chi connectivity index (χ2v) is 9.01. The maximum Gasteiger partial charge on any atom is 0.471 e. The number of carbonyl (C=O) groups is 1. The Bertz CT molecular complexity index is 1430. The van der Waals surface area contributed by atoms with Crippen molar-refractivity contribution in [2.45, 2.75) is 17.5 Å². The Morgan fingerprint density at radius 2 is 1.84 bits per heavy atom. The number of alkyl halides is 3. The van der Waals surface area contributed by atoms with Gasteiger partial charge in [-0.05, 0) is 36.4 Å². The number of benzene rings is 1. The fourth-order valence-corrected chi connectivity index (χ4v) is 4.04. The van der Waals surface area contributed by atoms with E-state index in [9.17, 15) is 26.6 Å². The molecule has 166 valence electrons. The number of pyridine rings is 1. The molecule has 1 atom stereocenters. The van der Waals surface area contributed by atoms with Crippen molar-refractivity contribution in [1.29, 1.82) is 0 Å². The highest BCUT2D eigenvalue weighted by molar-refractivity contribution is 7.93. The Hall–Kier alpha value is -3.61. The predicted molar refractivity (Wildman–Crippen MR) is 103 cm³/mol. The van der Waals surface area contributed by atoms with Crippen LogP contribution in [-0.2, 0) is 27.1 Å². The number of hydrogen-bond donors (Lipinski definition) is 0.